The quantitative estimate of drug-likeness (QED) is 0.868. The van der Waals surface area contributed by atoms with Gasteiger partial charge in [0.2, 0.25) is 0 Å². The minimum absolute atomic E-state index is 0.243. The second-order valence-electron chi connectivity index (χ2n) is 5.77. The van der Waals surface area contributed by atoms with Crippen molar-refractivity contribution in [1.29, 1.82) is 5.26 Å². The summed E-state index contributed by atoms with van der Waals surface area (Å²) in [6.45, 7) is 5.45. The van der Waals surface area contributed by atoms with Crippen molar-refractivity contribution >= 4 is 11.8 Å². The lowest BCUT2D eigenvalue weighted by Gasteiger charge is -2.23. The molecule has 5 nitrogen and oxygen atoms in total. The number of carbonyl (C=O) groups excluding carboxylic acids is 1. The molecule has 0 aliphatic carbocycles. The average Bonchev–Trinajstić information content (AvgIpc) is 2.41. The molecule has 5 heteroatoms. The third kappa shape index (κ3) is 6.17. The van der Waals surface area contributed by atoms with E-state index in [1.165, 1.54) is 0 Å². The molecule has 1 aromatic carbocycles. The molecule has 0 fully saturated rings. The molecule has 1 rings (SSSR count). The Labute approximate surface area is 126 Å². The normalized spacial score (nSPS) is 12.1. The van der Waals surface area contributed by atoms with Crippen LogP contribution in [0.5, 0.6) is 0 Å². The van der Waals surface area contributed by atoms with Crippen LogP contribution in [0.2, 0.25) is 0 Å². The van der Waals surface area contributed by atoms with E-state index in [2.05, 4.69) is 16.7 Å². The van der Waals surface area contributed by atoms with Gasteiger partial charge in [0.1, 0.15) is 5.60 Å². The maximum Gasteiger partial charge on any atom is 0.408 e. The van der Waals surface area contributed by atoms with Crippen molar-refractivity contribution in [1.82, 2.24) is 5.32 Å². The van der Waals surface area contributed by atoms with E-state index in [-0.39, 0.29) is 6.04 Å². The van der Waals surface area contributed by atoms with Gasteiger partial charge < -0.3 is 15.4 Å². The third-order valence-electron chi connectivity index (χ3n) is 2.81. The standard InChI is InChI=1S/C16H23N3O2/c1-16(2,3)21-15(20)19-14(9-6-10-17)12-7-5-8-13(11-12)18-4/h5,7-8,11,14,18H,6,9H2,1-4H3,(H,19,20)/t14-/m0/s1. The van der Waals surface area contributed by atoms with Crippen LogP contribution in [-0.4, -0.2) is 18.7 Å². The van der Waals surface area contributed by atoms with Crippen LogP contribution in [0, 0.1) is 11.3 Å². The fourth-order valence-electron chi connectivity index (χ4n) is 1.89. The van der Waals surface area contributed by atoms with Crippen LogP contribution in [0.3, 0.4) is 0 Å². The van der Waals surface area contributed by atoms with E-state index < -0.39 is 11.7 Å². The van der Waals surface area contributed by atoms with Crippen molar-refractivity contribution in [2.45, 2.75) is 45.3 Å². The predicted molar refractivity (Wildman–Crippen MR) is 82.9 cm³/mol. The Morgan fingerprint density at radius 2 is 2.14 bits per heavy atom. The minimum atomic E-state index is -0.545. The van der Waals surface area contributed by atoms with Gasteiger partial charge in [-0.3, -0.25) is 0 Å². The summed E-state index contributed by atoms with van der Waals surface area (Å²) in [6.07, 6.45) is 0.438. The van der Waals surface area contributed by atoms with E-state index in [1.807, 2.05) is 52.1 Å². The van der Waals surface area contributed by atoms with Gasteiger partial charge in [-0.1, -0.05) is 12.1 Å². The number of amides is 1. The van der Waals surface area contributed by atoms with Gasteiger partial charge in [-0.2, -0.15) is 5.26 Å². The van der Waals surface area contributed by atoms with Crippen molar-refractivity contribution < 1.29 is 9.53 Å². The first-order valence-electron chi connectivity index (χ1n) is 7.00. The first kappa shape index (κ1) is 16.8. The zero-order valence-corrected chi connectivity index (χ0v) is 13.1. The number of anilines is 1. The van der Waals surface area contributed by atoms with Gasteiger partial charge in [0.05, 0.1) is 12.1 Å². The van der Waals surface area contributed by atoms with Crippen molar-refractivity contribution in [2.24, 2.45) is 0 Å². The van der Waals surface area contributed by atoms with Crippen molar-refractivity contribution in [3.8, 4) is 6.07 Å². The van der Waals surface area contributed by atoms with E-state index >= 15 is 0 Å². The maximum absolute atomic E-state index is 11.9. The molecular formula is C16H23N3O2. The number of hydrogen-bond donors (Lipinski definition) is 2. The number of benzene rings is 1. The number of carbonyl (C=O) groups is 1. The lowest BCUT2D eigenvalue weighted by molar-refractivity contribution is 0.0501. The molecule has 0 aliphatic heterocycles. The highest BCUT2D eigenvalue weighted by molar-refractivity contribution is 5.68. The first-order valence-corrected chi connectivity index (χ1v) is 7.00. The number of alkyl carbamates (subject to hydrolysis) is 1. The second-order valence-corrected chi connectivity index (χ2v) is 5.77. The lowest BCUT2D eigenvalue weighted by atomic mass is 10.0. The Morgan fingerprint density at radius 3 is 2.71 bits per heavy atom. The number of rotatable bonds is 5. The van der Waals surface area contributed by atoms with Crippen LogP contribution in [0.25, 0.3) is 0 Å². The number of nitrogens with one attached hydrogen (secondary N) is 2. The van der Waals surface area contributed by atoms with Gasteiger partial charge in [-0.25, -0.2) is 4.79 Å². The van der Waals surface area contributed by atoms with E-state index in [4.69, 9.17) is 10.00 Å². The number of ether oxygens (including phenoxy) is 1. The van der Waals surface area contributed by atoms with Gasteiger partial charge in [0, 0.05) is 19.2 Å². The summed E-state index contributed by atoms with van der Waals surface area (Å²) in [5.74, 6) is 0. The third-order valence-corrected chi connectivity index (χ3v) is 2.81. The van der Waals surface area contributed by atoms with Gasteiger partial charge in [-0.05, 0) is 44.9 Å². The fourth-order valence-corrected chi connectivity index (χ4v) is 1.89. The highest BCUT2D eigenvalue weighted by atomic mass is 16.6. The summed E-state index contributed by atoms with van der Waals surface area (Å²) < 4.78 is 5.28. The molecule has 114 valence electrons. The molecule has 0 aromatic heterocycles. The highest BCUT2D eigenvalue weighted by Gasteiger charge is 2.20. The minimum Gasteiger partial charge on any atom is -0.444 e. The van der Waals surface area contributed by atoms with Crippen molar-refractivity contribution in [2.75, 3.05) is 12.4 Å². The molecule has 0 bridgehead atoms. The van der Waals surface area contributed by atoms with E-state index in [0.717, 1.165) is 11.3 Å². The monoisotopic (exact) mass is 289 g/mol. The molecule has 0 aliphatic rings. The Balaban J connectivity index is 2.84. The molecule has 1 amide bonds. The fraction of sp³-hybridized carbons (Fsp3) is 0.500. The smallest absolute Gasteiger partial charge is 0.408 e. The molecule has 1 aromatic rings. The van der Waals surface area contributed by atoms with Crippen LogP contribution in [0.1, 0.15) is 45.2 Å². The molecule has 0 saturated carbocycles. The van der Waals surface area contributed by atoms with Crippen molar-refractivity contribution in [3.63, 3.8) is 0 Å². The Morgan fingerprint density at radius 1 is 1.43 bits per heavy atom. The van der Waals surface area contributed by atoms with Crippen LogP contribution >= 0.6 is 0 Å². The van der Waals surface area contributed by atoms with Gasteiger partial charge in [-0.15, -0.1) is 0 Å². The zero-order chi connectivity index (χ0) is 15.9. The molecular weight excluding hydrogens is 266 g/mol. The van der Waals surface area contributed by atoms with Crippen LogP contribution in [0.15, 0.2) is 24.3 Å². The van der Waals surface area contributed by atoms with E-state index in [1.54, 1.807) is 0 Å². The van der Waals surface area contributed by atoms with E-state index in [9.17, 15) is 4.79 Å². The molecule has 0 heterocycles. The molecule has 0 saturated heterocycles. The summed E-state index contributed by atoms with van der Waals surface area (Å²) in [5.41, 5.74) is 1.36. The van der Waals surface area contributed by atoms with Gasteiger partial charge in [0.25, 0.3) is 0 Å². The van der Waals surface area contributed by atoms with Crippen LogP contribution in [0.4, 0.5) is 10.5 Å². The van der Waals surface area contributed by atoms with Gasteiger partial charge in [0.15, 0.2) is 0 Å². The maximum atomic E-state index is 11.9. The van der Waals surface area contributed by atoms with E-state index in [0.29, 0.717) is 12.8 Å². The zero-order valence-electron chi connectivity index (χ0n) is 13.1. The summed E-state index contributed by atoms with van der Waals surface area (Å²) >= 11 is 0. The van der Waals surface area contributed by atoms with Crippen LogP contribution < -0.4 is 10.6 Å². The highest BCUT2D eigenvalue weighted by Crippen LogP contribution is 2.22. The number of nitrogens with zero attached hydrogens (tertiary/aromatic N) is 1. The number of hydrogen-bond acceptors (Lipinski definition) is 4. The van der Waals surface area contributed by atoms with Crippen molar-refractivity contribution in [3.05, 3.63) is 29.8 Å². The summed E-state index contributed by atoms with van der Waals surface area (Å²) in [5, 5.41) is 14.7. The SMILES string of the molecule is CNc1cccc([C@H](CCC#N)NC(=O)OC(C)(C)C)c1. The molecule has 2 N–H and O–H groups in total. The molecule has 0 spiro atoms. The summed E-state index contributed by atoms with van der Waals surface area (Å²) in [7, 11) is 1.84. The summed E-state index contributed by atoms with van der Waals surface area (Å²) in [6, 6.07) is 9.61. The Bertz CT molecular complexity index is 515. The average molecular weight is 289 g/mol. The molecule has 0 radical (unpaired) electrons. The molecule has 1 atom stereocenters. The molecule has 21 heavy (non-hydrogen) atoms. The van der Waals surface area contributed by atoms with Crippen LogP contribution in [-0.2, 0) is 4.74 Å². The topological polar surface area (TPSA) is 74.2 Å². The van der Waals surface area contributed by atoms with Gasteiger partial charge >= 0.3 is 6.09 Å². The largest absolute Gasteiger partial charge is 0.444 e. The first-order chi connectivity index (χ1) is 9.85. The Hall–Kier alpha value is -2.22. The summed E-state index contributed by atoms with van der Waals surface area (Å²) in [4.78, 5) is 11.9. The predicted octanol–water partition coefficient (Wildman–Crippen LogP) is 3.60. The Kier molecular flexibility index (Phi) is 6.04. The number of nitriles is 1. The second kappa shape index (κ2) is 7.53. The lowest BCUT2D eigenvalue weighted by Crippen LogP contribution is -2.35. The molecule has 0 unspecified atom stereocenters.